The van der Waals surface area contributed by atoms with E-state index in [1.807, 2.05) is 0 Å². The summed E-state index contributed by atoms with van der Waals surface area (Å²) in [6.45, 7) is -0.639. The monoisotopic (exact) mass is 490 g/mol. The quantitative estimate of drug-likeness (QED) is 0.326. The van der Waals surface area contributed by atoms with Gasteiger partial charge in [-0.1, -0.05) is 0 Å². The van der Waals surface area contributed by atoms with Crippen LogP contribution in [-0.2, 0) is 4.74 Å². The third kappa shape index (κ3) is 3.90. The van der Waals surface area contributed by atoms with Crippen molar-refractivity contribution < 1.29 is 53.6 Å². The molecule has 35 heavy (non-hydrogen) atoms. The summed E-state index contributed by atoms with van der Waals surface area (Å²) >= 11 is 0. The van der Waals surface area contributed by atoms with Gasteiger partial charge in [0.1, 0.15) is 36.3 Å². The van der Waals surface area contributed by atoms with Crippen LogP contribution in [0.3, 0.4) is 0 Å². The second kappa shape index (κ2) is 8.91. The fourth-order valence-electron chi connectivity index (χ4n) is 4.01. The molecule has 1 fully saturated rings. The van der Waals surface area contributed by atoms with Crippen LogP contribution in [0.2, 0.25) is 0 Å². The van der Waals surface area contributed by atoms with Crippen molar-refractivity contribution in [3.05, 3.63) is 40.8 Å². The highest BCUT2D eigenvalue weighted by atomic mass is 16.7. The number of phenols is 1. The maximum atomic E-state index is 13.3. The second-order valence-corrected chi connectivity index (χ2v) is 8.02. The van der Waals surface area contributed by atoms with Crippen molar-refractivity contribution in [3.8, 4) is 39.9 Å². The van der Waals surface area contributed by atoms with E-state index in [0.717, 1.165) is 6.07 Å². The molecule has 3 aromatic rings. The van der Waals surface area contributed by atoms with Crippen LogP contribution in [0.4, 0.5) is 0 Å². The van der Waals surface area contributed by atoms with Crippen LogP contribution in [0.25, 0.3) is 22.1 Å². The predicted octanol–water partition coefficient (Wildman–Crippen LogP) is 0.0816. The number of phenolic OH excluding ortho intramolecular Hbond substituents is 1. The first kappa shape index (κ1) is 23.2. The van der Waals surface area contributed by atoms with Gasteiger partial charge in [-0.2, -0.15) is 0 Å². The summed E-state index contributed by atoms with van der Waals surface area (Å²) in [6, 6.07) is 5.55. The Hall–Kier alpha value is -3.55. The van der Waals surface area contributed by atoms with Crippen LogP contribution in [0, 0.1) is 0 Å². The topological polar surface area (TPSA) is 178 Å². The van der Waals surface area contributed by atoms with Crippen molar-refractivity contribution in [1.82, 2.24) is 0 Å². The lowest BCUT2D eigenvalue weighted by molar-refractivity contribution is -0.277. The number of rotatable bonds is 5. The minimum Gasteiger partial charge on any atom is -0.504 e. The van der Waals surface area contributed by atoms with Crippen molar-refractivity contribution >= 4 is 11.0 Å². The van der Waals surface area contributed by atoms with Crippen LogP contribution in [0.15, 0.2) is 39.7 Å². The molecule has 0 radical (unpaired) electrons. The molecule has 12 heteroatoms. The number of hydrogen-bond donors (Lipinski definition) is 5. The zero-order chi connectivity index (χ0) is 24.9. The Morgan fingerprint density at radius 2 is 1.83 bits per heavy atom. The van der Waals surface area contributed by atoms with E-state index >= 15 is 0 Å². The number of aliphatic hydroxyl groups is 4. The van der Waals surface area contributed by atoms with Crippen LogP contribution < -0.4 is 24.4 Å². The zero-order valence-electron chi connectivity index (χ0n) is 18.3. The van der Waals surface area contributed by atoms with Gasteiger partial charge in [-0.3, -0.25) is 4.79 Å². The maximum Gasteiger partial charge on any atom is 0.231 e. The Bertz CT molecular complexity index is 1320. The molecule has 5 N–H and O–H groups in total. The molecule has 5 atom stereocenters. The van der Waals surface area contributed by atoms with Gasteiger partial charge in [0, 0.05) is 6.07 Å². The lowest BCUT2D eigenvalue weighted by atomic mass is 9.99. The fraction of sp³-hybridized carbons (Fsp3) is 0.348. The van der Waals surface area contributed by atoms with Gasteiger partial charge in [0.05, 0.1) is 24.7 Å². The van der Waals surface area contributed by atoms with Crippen LogP contribution in [0.1, 0.15) is 0 Å². The molecule has 0 spiro atoms. The zero-order valence-corrected chi connectivity index (χ0v) is 18.3. The highest BCUT2D eigenvalue weighted by Gasteiger charge is 2.45. The highest BCUT2D eigenvalue weighted by Crippen LogP contribution is 2.44. The molecule has 0 saturated carbocycles. The number of fused-ring (bicyclic) bond motifs is 2. The van der Waals surface area contributed by atoms with Crippen molar-refractivity contribution in [2.45, 2.75) is 30.7 Å². The molecule has 1 saturated heterocycles. The van der Waals surface area contributed by atoms with Crippen LogP contribution >= 0.6 is 0 Å². The number of aliphatic hydroxyl groups excluding tert-OH is 4. The van der Waals surface area contributed by atoms with Gasteiger partial charge < -0.3 is 53.6 Å². The smallest absolute Gasteiger partial charge is 0.231 e. The molecule has 2 aliphatic heterocycles. The van der Waals surface area contributed by atoms with E-state index in [1.54, 1.807) is 12.1 Å². The molecule has 0 bridgehead atoms. The fourth-order valence-corrected chi connectivity index (χ4v) is 4.01. The Kier molecular flexibility index (Phi) is 5.91. The Balaban J connectivity index is 1.53. The van der Waals surface area contributed by atoms with Crippen molar-refractivity contribution in [2.75, 3.05) is 20.5 Å². The van der Waals surface area contributed by atoms with Gasteiger partial charge >= 0.3 is 0 Å². The third-order valence-electron chi connectivity index (χ3n) is 5.92. The molecule has 0 amide bonds. The molecular formula is C23H22O12. The number of hydrogen-bond acceptors (Lipinski definition) is 12. The van der Waals surface area contributed by atoms with Gasteiger partial charge in [-0.05, 0) is 23.8 Å². The summed E-state index contributed by atoms with van der Waals surface area (Å²) < 4.78 is 32.5. The van der Waals surface area contributed by atoms with Gasteiger partial charge in [-0.15, -0.1) is 0 Å². The SMILES string of the molecule is COc1cc(-c2coc3cc(O)c(O[C@@H]4O[C@H](CO)[C@@H](O)[C@H](O)[C@H]4O)cc3c2=O)cc2c1OCO2. The molecule has 5 rings (SSSR count). The molecule has 1 aromatic heterocycles. The van der Waals surface area contributed by atoms with Gasteiger partial charge in [0.2, 0.25) is 24.3 Å². The molecule has 12 nitrogen and oxygen atoms in total. The summed E-state index contributed by atoms with van der Waals surface area (Å²) in [5, 5.41) is 49.9. The van der Waals surface area contributed by atoms with Crippen molar-refractivity contribution in [1.29, 1.82) is 0 Å². The minimum absolute atomic E-state index is 0.0133. The number of ether oxygens (including phenoxy) is 5. The summed E-state index contributed by atoms with van der Waals surface area (Å²) in [7, 11) is 1.45. The van der Waals surface area contributed by atoms with Crippen LogP contribution in [-0.4, -0.2) is 76.7 Å². The first-order valence-corrected chi connectivity index (χ1v) is 10.6. The van der Waals surface area contributed by atoms with E-state index in [-0.39, 0.29) is 29.1 Å². The standard InChI is InChI=1S/C23H22O12/c1-30-15-2-9(3-16-22(15)33-8-32-16)11-7-31-13-5-12(25)14(4-10(13)18(11)26)34-23-21(29)20(28)19(27)17(6-24)35-23/h2-5,7,17,19-21,23-25,27-29H,6,8H2,1H3/t17-,19-,20+,21-,23-/m1/s1. The minimum atomic E-state index is -1.70. The Morgan fingerprint density at radius 1 is 1.03 bits per heavy atom. The molecule has 2 aromatic carbocycles. The second-order valence-electron chi connectivity index (χ2n) is 8.02. The summed E-state index contributed by atoms with van der Waals surface area (Å²) in [6.07, 6.45) is -6.48. The molecule has 186 valence electrons. The third-order valence-corrected chi connectivity index (χ3v) is 5.92. The first-order valence-electron chi connectivity index (χ1n) is 10.6. The van der Waals surface area contributed by atoms with Crippen LogP contribution in [0.5, 0.6) is 28.7 Å². The van der Waals surface area contributed by atoms with E-state index in [9.17, 15) is 30.3 Å². The van der Waals surface area contributed by atoms with E-state index < -0.39 is 48.5 Å². The average Bonchev–Trinajstić information content (AvgIpc) is 3.33. The Morgan fingerprint density at radius 3 is 2.57 bits per heavy atom. The van der Waals surface area contributed by atoms with Gasteiger partial charge in [0.25, 0.3) is 0 Å². The maximum absolute atomic E-state index is 13.3. The summed E-state index contributed by atoms with van der Waals surface area (Å²) in [4.78, 5) is 13.3. The van der Waals surface area contributed by atoms with E-state index in [2.05, 4.69) is 0 Å². The number of methoxy groups -OCH3 is 1. The van der Waals surface area contributed by atoms with E-state index in [0.29, 0.717) is 22.8 Å². The first-order chi connectivity index (χ1) is 16.8. The summed E-state index contributed by atoms with van der Waals surface area (Å²) in [5.74, 6) is 0.495. The van der Waals surface area contributed by atoms with Gasteiger partial charge in [-0.25, -0.2) is 0 Å². The van der Waals surface area contributed by atoms with E-state index in [1.165, 1.54) is 19.4 Å². The largest absolute Gasteiger partial charge is 0.504 e. The van der Waals surface area contributed by atoms with E-state index in [4.69, 9.17) is 28.1 Å². The lowest BCUT2D eigenvalue weighted by Gasteiger charge is -2.39. The molecule has 2 aliphatic rings. The normalized spacial score (nSPS) is 25.6. The lowest BCUT2D eigenvalue weighted by Crippen LogP contribution is -2.60. The van der Waals surface area contributed by atoms with Crippen molar-refractivity contribution in [2.24, 2.45) is 0 Å². The average molecular weight is 490 g/mol. The van der Waals surface area contributed by atoms with Crippen molar-refractivity contribution in [3.63, 3.8) is 0 Å². The van der Waals surface area contributed by atoms with Gasteiger partial charge in [0.15, 0.2) is 23.0 Å². The highest BCUT2D eigenvalue weighted by molar-refractivity contribution is 5.85. The molecule has 0 aliphatic carbocycles. The summed E-state index contributed by atoms with van der Waals surface area (Å²) in [5.41, 5.74) is 0.195. The molecule has 3 heterocycles. The molecular weight excluding hydrogens is 468 g/mol. The Labute approximate surface area is 197 Å². The predicted molar refractivity (Wildman–Crippen MR) is 117 cm³/mol. The number of aromatic hydroxyl groups is 1. The number of benzene rings is 2. The molecule has 0 unspecified atom stereocenters.